The summed E-state index contributed by atoms with van der Waals surface area (Å²) in [5, 5.41) is 13.5. The van der Waals surface area contributed by atoms with E-state index in [9.17, 15) is 9.50 Å². The zero-order valence-electron chi connectivity index (χ0n) is 10.2. The Morgan fingerprint density at radius 2 is 2.05 bits per heavy atom. The highest BCUT2D eigenvalue weighted by molar-refractivity contribution is 7.22. The molecule has 0 spiro atoms. The van der Waals surface area contributed by atoms with Gasteiger partial charge in [-0.25, -0.2) is 9.37 Å². The van der Waals surface area contributed by atoms with Gasteiger partial charge in [0, 0.05) is 12.1 Å². The van der Waals surface area contributed by atoms with Gasteiger partial charge in [-0.15, -0.1) is 0 Å². The minimum Gasteiger partial charge on any atom is -0.508 e. The standard InChI is InChI=1S/C14H10ClFN2OS/c15-12-9(16)5-6-10-13(12)20-14(18-10)17-7-8-3-1-2-4-11(8)19/h1-6,19H,7H2,(H,17,18). The number of hydrogen-bond donors (Lipinski definition) is 2. The third-order valence-corrected chi connectivity index (χ3v) is 4.40. The molecule has 0 radical (unpaired) electrons. The number of benzene rings is 2. The van der Waals surface area contributed by atoms with Gasteiger partial charge in [0.1, 0.15) is 11.6 Å². The van der Waals surface area contributed by atoms with Gasteiger partial charge < -0.3 is 10.4 Å². The number of nitrogens with one attached hydrogen (secondary N) is 1. The van der Waals surface area contributed by atoms with Gasteiger partial charge in [0.05, 0.1) is 15.2 Å². The van der Waals surface area contributed by atoms with Crippen molar-refractivity contribution in [2.24, 2.45) is 0 Å². The fourth-order valence-electron chi connectivity index (χ4n) is 1.84. The van der Waals surface area contributed by atoms with Crippen molar-refractivity contribution in [3.05, 3.63) is 52.8 Å². The molecule has 1 aromatic heterocycles. The number of fused-ring (bicyclic) bond motifs is 1. The number of phenolic OH excluding ortho intramolecular Hbond substituents is 1. The monoisotopic (exact) mass is 308 g/mol. The molecule has 0 fully saturated rings. The van der Waals surface area contributed by atoms with E-state index in [-0.39, 0.29) is 10.8 Å². The average molecular weight is 309 g/mol. The highest BCUT2D eigenvalue weighted by Crippen LogP contribution is 2.34. The van der Waals surface area contributed by atoms with E-state index < -0.39 is 5.82 Å². The van der Waals surface area contributed by atoms with Crippen molar-refractivity contribution in [1.82, 2.24) is 4.98 Å². The SMILES string of the molecule is Oc1ccccc1CNc1nc2ccc(F)c(Cl)c2s1. The smallest absolute Gasteiger partial charge is 0.184 e. The molecule has 102 valence electrons. The molecule has 6 heteroatoms. The molecule has 3 nitrogen and oxygen atoms in total. The van der Waals surface area contributed by atoms with Crippen molar-refractivity contribution >= 4 is 38.3 Å². The molecule has 0 saturated carbocycles. The van der Waals surface area contributed by atoms with Crippen LogP contribution in [-0.4, -0.2) is 10.1 Å². The molecule has 0 aliphatic rings. The van der Waals surface area contributed by atoms with Crippen molar-refractivity contribution in [2.45, 2.75) is 6.54 Å². The van der Waals surface area contributed by atoms with Crippen LogP contribution in [0.4, 0.5) is 9.52 Å². The molecule has 1 heterocycles. The van der Waals surface area contributed by atoms with E-state index in [0.717, 1.165) is 5.56 Å². The number of hydrogen-bond acceptors (Lipinski definition) is 4. The van der Waals surface area contributed by atoms with Gasteiger partial charge in [0.2, 0.25) is 0 Å². The molecule has 0 aliphatic heterocycles. The van der Waals surface area contributed by atoms with Crippen molar-refractivity contribution in [3.63, 3.8) is 0 Å². The lowest BCUT2D eigenvalue weighted by atomic mass is 10.2. The molecule has 2 N–H and O–H groups in total. The molecule has 0 aliphatic carbocycles. The molecule has 0 saturated heterocycles. The Balaban J connectivity index is 1.85. The van der Waals surface area contributed by atoms with Crippen LogP contribution >= 0.6 is 22.9 Å². The van der Waals surface area contributed by atoms with Crippen LogP contribution in [0.3, 0.4) is 0 Å². The van der Waals surface area contributed by atoms with Crippen LogP contribution in [0.15, 0.2) is 36.4 Å². The lowest BCUT2D eigenvalue weighted by Gasteiger charge is -2.04. The number of phenols is 1. The highest BCUT2D eigenvalue weighted by atomic mass is 35.5. The van der Waals surface area contributed by atoms with E-state index in [2.05, 4.69) is 10.3 Å². The molecule has 3 aromatic rings. The summed E-state index contributed by atoms with van der Waals surface area (Å²) in [6.07, 6.45) is 0. The summed E-state index contributed by atoms with van der Waals surface area (Å²) in [6, 6.07) is 9.96. The van der Waals surface area contributed by atoms with E-state index in [1.54, 1.807) is 18.2 Å². The summed E-state index contributed by atoms with van der Waals surface area (Å²) in [7, 11) is 0. The summed E-state index contributed by atoms with van der Waals surface area (Å²) in [5.74, 6) is -0.222. The predicted octanol–water partition coefficient (Wildman–Crippen LogP) is 4.41. The number of aromatic nitrogens is 1. The Morgan fingerprint density at radius 1 is 1.25 bits per heavy atom. The van der Waals surface area contributed by atoms with Crippen molar-refractivity contribution in [1.29, 1.82) is 0 Å². The molecule has 0 atom stereocenters. The Hall–Kier alpha value is -1.85. The van der Waals surface area contributed by atoms with Crippen LogP contribution in [0.1, 0.15) is 5.56 Å². The van der Waals surface area contributed by atoms with E-state index in [0.29, 0.717) is 21.9 Å². The van der Waals surface area contributed by atoms with Gasteiger partial charge in [-0.3, -0.25) is 0 Å². The van der Waals surface area contributed by atoms with E-state index in [4.69, 9.17) is 11.6 Å². The predicted molar refractivity (Wildman–Crippen MR) is 80.0 cm³/mol. The molecular weight excluding hydrogens is 299 g/mol. The summed E-state index contributed by atoms with van der Waals surface area (Å²) < 4.78 is 14.0. The van der Waals surface area contributed by atoms with E-state index in [1.165, 1.54) is 17.4 Å². The quantitative estimate of drug-likeness (QED) is 0.753. The first-order valence-electron chi connectivity index (χ1n) is 5.90. The number of rotatable bonds is 3. The first-order chi connectivity index (χ1) is 9.65. The van der Waals surface area contributed by atoms with E-state index in [1.807, 2.05) is 12.1 Å². The Bertz CT molecular complexity index is 775. The second-order valence-electron chi connectivity index (χ2n) is 4.21. The topological polar surface area (TPSA) is 45.1 Å². The summed E-state index contributed by atoms with van der Waals surface area (Å²) in [5.41, 5.74) is 1.42. The Kier molecular flexibility index (Phi) is 3.46. The highest BCUT2D eigenvalue weighted by Gasteiger charge is 2.11. The van der Waals surface area contributed by atoms with Crippen LogP contribution in [-0.2, 0) is 6.54 Å². The number of nitrogens with zero attached hydrogens (tertiary/aromatic N) is 1. The summed E-state index contributed by atoms with van der Waals surface area (Å²) in [6.45, 7) is 0.437. The van der Waals surface area contributed by atoms with Crippen LogP contribution in [0.25, 0.3) is 10.2 Å². The largest absolute Gasteiger partial charge is 0.508 e. The normalized spacial score (nSPS) is 10.9. The number of aromatic hydroxyl groups is 1. The fraction of sp³-hybridized carbons (Fsp3) is 0.0714. The maximum atomic E-state index is 13.4. The Morgan fingerprint density at radius 3 is 2.85 bits per heavy atom. The van der Waals surface area contributed by atoms with Gasteiger partial charge in [0.25, 0.3) is 0 Å². The maximum Gasteiger partial charge on any atom is 0.184 e. The molecule has 0 amide bonds. The fourth-order valence-corrected chi connectivity index (χ4v) is 3.01. The molecular formula is C14H10ClFN2OS. The first-order valence-corrected chi connectivity index (χ1v) is 7.10. The third kappa shape index (κ3) is 2.42. The second-order valence-corrected chi connectivity index (χ2v) is 5.59. The summed E-state index contributed by atoms with van der Waals surface area (Å²) in [4.78, 5) is 4.33. The third-order valence-electron chi connectivity index (χ3n) is 2.87. The van der Waals surface area contributed by atoms with Gasteiger partial charge in [0.15, 0.2) is 5.13 Å². The van der Waals surface area contributed by atoms with Crippen LogP contribution in [0, 0.1) is 5.82 Å². The van der Waals surface area contributed by atoms with Gasteiger partial charge >= 0.3 is 0 Å². The minimum atomic E-state index is -0.449. The molecule has 2 aromatic carbocycles. The maximum absolute atomic E-state index is 13.4. The lowest BCUT2D eigenvalue weighted by molar-refractivity contribution is 0.469. The second kappa shape index (κ2) is 5.26. The lowest BCUT2D eigenvalue weighted by Crippen LogP contribution is -1.98. The number of para-hydroxylation sites is 1. The molecule has 3 rings (SSSR count). The van der Waals surface area contributed by atoms with Crippen LogP contribution in [0.2, 0.25) is 5.02 Å². The zero-order valence-corrected chi connectivity index (χ0v) is 11.8. The average Bonchev–Trinajstić information content (AvgIpc) is 2.86. The summed E-state index contributed by atoms with van der Waals surface area (Å²) >= 11 is 7.20. The number of anilines is 1. The molecule has 20 heavy (non-hydrogen) atoms. The van der Waals surface area contributed by atoms with Crippen molar-refractivity contribution < 1.29 is 9.50 Å². The number of halogens is 2. The molecule has 0 unspecified atom stereocenters. The minimum absolute atomic E-state index is 0.0932. The first kappa shape index (κ1) is 13.1. The van der Waals surface area contributed by atoms with Gasteiger partial charge in [-0.1, -0.05) is 41.1 Å². The van der Waals surface area contributed by atoms with Crippen molar-refractivity contribution in [3.8, 4) is 5.75 Å². The van der Waals surface area contributed by atoms with Gasteiger partial charge in [-0.2, -0.15) is 0 Å². The zero-order chi connectivity index (χ0) is 14.1. The van der Waals surface area contributed by atoms with E-state index >= 15 is 0 Å². The number of thiazole rings is 1. The Labute approximate surface area is 123 Å². The van der Waals surface area contributed by atoms with Crippen LogP contribution < -0.4 is 5.32 Å². The van der Waals surface area contributed by atoms with Crippen LogP contribution in [0.5, 0.6) is 5.75 Å². The van der Waals surface area contributed by atoms with Gasteiger partial charge in [-0.05, 0) is 18.2 Å². The molecule has 0 bridgehead atoms. The van der Waals surface area contributed by atoms with Crippen molar-refractivity contribution in [2.75, 3.05) is 5.32 Å².